The van der Waals surface area contributed by atoms with Gasteiger partial charge in [-0.15, -0.1) is 0 Å². The maximum atomic E-state index is 10.5. The minimum atomic E-state index is -1.63. The summed E-state index contributed by atoms with van der Waals surface area (Å²) >= 11 is 5.74. The van der Waals surface area contributed by atoms with Crippen molar-refractivity contribution >= 4 is 34.9 Å². The van der Waals surface area contributed by atoms with Crippen LogP contribution in [0.1, 0.15) is 0 Å². The van der Waals surface area contributed by atoms with Gasteiger partial charge in [0.05, 0.1) is 10.7 Å². The summed E-state index contributed by atoms with van der Waals surface area (Å²) < 4.78 is 0. The van der Waals surface area contributed by atoms with Crippen LogP contribution in [0, 0.1) is 0 Å². The molecule has 1 aromatic carbocycles. The molecule has 1 aromatic rings. The molecular formula is C9H7ClN2O4. The predicted octanol–water partition coefficient (Wildman–Crippen LogP) is 1.28. The van der Waals surface area contributed by atoms with Crippen LogP contribution in [-0.4, -0.2) is 27.9 Å². The maximum absolute atomic E-state index is 10.5. The molecule has 0 radical (unpaired) electrons. The van der Waals surface area contributed by atoms with E-state index in [4.69, 9.17) is 21.8 Å². The molecule has 84 valence electrons. The average Bonchev–Trinajstić information content (AvgIpc) is 2.20. The van der Waals surface area contributed by atoms with Crippen molar-refractivity contribution in [2.24, 2.45) is 5.10 Å². The predicted molar refractivity (Wildman–Crippen MR) is 57.8 cm³/mol. The quantitative estimate of drug-likeness (QED) is 0.420. The second-order valence-electron chi connectivity index (χ2n) is 2.66. The number of carboxylic acids is 2. The summed E-state index contributed by atoms with van der Waals surface area (Å²) in [6.45, 7) is 0. The van der Waals surface area contributed by atoms with Crippen molar-refractivity contribution in [3.63, 3.8) is 0 Å². The van der Waals surface area contributed by atoms with Crippen LogP contribution < -0.4 is 5.43 Å². The number of hydrogen-bond donors (Lipinski definition) is 3. The monoisotopic (exact) mass is 242 g/mol. The van der Waals surface area contributed by atoms with Crippen molar-refractivity contribution in [2.75, 3.05) is 5.43 Å². The zero-order chi connectivity index (χ0) is 12.1. The molecule has 0 fully saturated rings. The number of para-hydroxylation sites is 1. The van der Waals surface area contributed by atoms with Gasteiger partial charge in [0.25, 0.3) is 5.71 Å². The van der Waals surface area contributed by atoms with Crippen molar-refractivity contribution in [3.05, 3.63) is 29.3 Å². The highest BCUT2D eigenvalue weighted by Crippen LogP contribution is 2.20. The van der Waals surface area contributed by atoms with Crippen molar-refractivity contribution in [2.45, 2.75) is 0 Å². The summed E-state index contributed by atoms with van der Waals surface area (Å²) in [6.07, 6.45) is 0. The molecule has 0 saturated carbocycles. The van der Waals surface area contributed by atoms with E-state index in [1.165, 1.54) is 6.07 Å². The highest BCUT2D eigenvalue weighted by atomic mass is 35.5. The van der Waals surface area contributed by atoms with Crippen LogP contribution in [0.2, 0.25) is 5.02 Å². The van der Waals surface area contributed by atoms with E-state index in [0.29, 0.717) is 10.7 Å². The van der Waals surface area contributed by atoms with Gasteiger partial charge in [-0.25, -0.2) is 9.59 Å². The highest BCUT2D eigenvalue weighted by molar-refractivity contribution is 6.61. The number of nitrogens with zero attached hydrogens (tertiary/aromatic N) is 1. The lowest BCUT2D eigenvalue weighted by Crippen LogP contribution is -2.24. The van der Waals surface area contributed by atoms with Gasteiger partial charge < -0.3 is 10.2 Å². The molecule has 3 N–H and O–H groups in total. The Hall–Kier alpha value is -2.08. The molecule has 0 aromatic heterocycles. The van der Waals surface area contributed by atoms with Crippen molar-refractivity contribution in [1.82, 2.24) is 0 Å². The number of nitrogens with one attached hydrogen (secondary N) is 1. The first kappa shape index (κ1) is 12.0. The fraction of sp³-hybridized carbons (Fsp3) is 0. The molecule has 0 unspecified atom stereocenters. The minimum absolute atomic E-state index is 0.307. The Morgan fingerprint density at radius 2 is 1.75 bits per heavy atom. The zero-order valence-electron chi connectivity index (χ0n) is 7.85. The summed E-state index contributed by atoms with van der Waals surface area (Å²) in [6, 6.07) is 6.41. The van der Waals surface area contributed by atoms with E-state index in [0.717, 1.165) is 0 Å². The number of carboxylic acid groups (broad SMARTS) is 2. The van der Waals surface area contributed by atoms with Gasteiger partial charge in [-0.1, -0.05) is 23.7 Å². The van der Waals surface area contributed by atoms with Crippen LogP contribution >= 0.6 is 11.6 Å². The number of anilines is 1. The summed E-state index contributed by atoms with van der Waals surface area (Å²) in [5.74, 6) is -3.26. The number of halogens is 1. The van der Waals surface area contributed by atoms with Crippen LogP contribution in [0.25, 0.3) is 0 Å². The molecule has 7 heteroatoms. The lowest BCUT2D eigenvalue weighted by molar-refractivity contribution is -0.134. The van der Waals surface area contributed by atoms with Crippen molar-refractivity contribution < 1.29 is 19.8 Å². The second kappa shape index (κ2) is 5.13. The largest absolute Gasteiger partial charge is 0.476 e. The van der Waals surface area contributed by atoms with Gasteiger partial charge in [0, 0.05) is 0 Å². The van der Waals surface area contributed by atoms with Gasteiger partial charge in [-0.2, -0.15) is 5.10 Å². The van der Waals surface area contributed by atoms with E-state index in [9.17, 15) is 9.59 Å². The van der Waals surface area contributed by atoms with Crippen LogP contribution in [-0.2, 0) is 9.59 Å². The first-order chi connectivity index (χ1) is 7.52. The molecule has 0 saturated heterocycles. The molecule has 0 bridgehead atoms. The molecule has 0 heterocycles. The van der Waals surface area contributed by atoms with Crippen molar-refractivity contribution in [3.8, 4) is 0 Å². The molecule has 0 atom stereocenters. The number of hydrazone groups is 1. The first-order valence-corrected chi connectivity index (χ1v) is 4.45. The number of rotatable bonds is 4. The molecule has 1 rings (SSSR count). The molecule has 0 aliphatic carbocycles. The Balaban J connectivity index is 2.90. The number of hydrogen-bond acceptors (Lipinski definition) is 4. The molecular weight excluding hydrogens is 236 g/mol. The fourth-order valence-corrected chi connectivity index (χ4v) is 1.03. The van der Waals surface area contributed by atoms with Crippen LogP contribution in [0.5, 0.6) is 0 Å². The summed E-state index contributed by atoms with van der Waals surface area (Å²) in [7, 11) is 0. The standard InChI is InChI=1S/C9H7ClN2O4/c10-5-3-1-2-4-6(5)11-12-7(8(13)14)9(15)16/h1-4,11H,(H,13,14)(H,15,16). The zero-order valence-corrected chi connectivity index (χ0v) is 8.60. The molecule has 0 amide bonds. The summed E-state index contributed by atoms with van der Waals surface area (Å²) in [4.78, 5) is 20.9. The van der Waals surface area contributed by atoms with Gasteiger partial charge in [-0.05, 0) is 12.1 Å². The molecule has 0 spiro atoms. The minimum Gasteiger partial charge on any atom is -0.476 e. The van der Waals surface area contributed by atoms with Gasteiger partial charge in [0.15, 0.2) is 0 Å². The van der Waals surface area contributed by atoms with E-state index in [1.54, 1.807) is 18.2 Å². The molecule has 16 heavy (non-hydrogen) atoms. The van der Waals surface area contributed by atoms with Gasteiger partial charge in [-0.3, -0.25) is 5.43 Å². The molecule has 0 aliphatic rings. The summed E-state index contributed by atoms with van der Waals surface area (Å²) in [5.41, 5.74) is 1.58. The van der Waals surface area contributed by atoms with E-state index in [1.807, 2.05) is 0 Å². The van der Waals surface area contributed by atoms with Gasteiger partial charge in [0.1, 0.15) is 0 Å². The topological polar surface area (TPSA) is 99.0 Å². The SMILES string of the molecule is O=C(O)C(=NNc1ccccc1Cl)C(=O)O. The van der Waals surface area contributed by atoms with Crippen LogP contribution in [0.15, 0.2) is 29.4 Å². The third kappa shape index (κ3) is 2.96. The van der Waals surface area contributed by atoms with Gasteiger partial charge >= 0.3 is 11.9 Å². The van der Waals surface area contributed by atoms with Crippen molar-refractivity contribution in [1.29, 1.82) is 0 Å². The van der Waals surface area contributed by atoms with Crippen LogP contribution in [0.4, 0.5) is 5.69 Å². The third-order valence-corrected chi connectivity index (χ3v) is 1.90. The van der Waals surface area contributed by atoms with Crippen LogP contribution in [0.3, 0.4) is 0 Å². The normalized spacial score (nSPS) is 9.31. The Labute approximate surface area is 95.2 Å². The second-order valence-corrected chi connectivity index (χ2v) is 3.07. The summed E-state index contributed by atoms with van der Waals surface area (Å²) in [5, 5.41) is 20.6. The van der Waals surface area contributed by atoms with Gasteiger partial charge in [0.2, 0.25) is 0 Å². The molecule has 6 nitrogen and oxygen atoms in total. The Morgan fingerprint density at radius 3 is 2.25 bits per heavy atom. The highest BCUT2D eigenvalue weighted by Gasteiger charge is 2.18. The average molecular weight is 243 g/mol. The van der Waals surface area contributed by atoms with E-state index < -0.39 is 17.7 Å². The lowest BCUT2D eigenvalue weighted by atomic mass is 10.3. The smallest absolute Gasteiger partial charge is 0.364 e. The Bertz CT molecular complexity index is 443. The fourth-order valence-electron chi connectivity index (χ4n) is 0.855. The van der Waals surface area contributed by atoms with E-state index in [2.05, 4.69) is 10.5 Å². The van der Waals surface area contributed by atoms with E-state index in [-0.39, 0.29) is 0 Å². The lowest BCUT2D eigenvalue weighted by Gasteiger charge is -2.02. The first-order valence-electron chi connectivity index (χ1n) is 4.07. The maximum Gasteiger partial charge on any atom is 0.364 e. The Kier molecular flexibility index (Phi) is 3.84. The Morgan fingerprint density at radius 1 is 1.19 bits per heavy atom. The third-order valence-electron chi connectivity index (χ3n) is 1.57. The van der Waals surface area contributed by atoms with E-state index >= 15 is 0 Å². The number of carbonyl (C=O) groups is 2. The number of aliphatic carboxylic acids is 2. The number of benzene rings is 1. The molecule has 0 aliphatic heterocycles.